The summed E-state index contributed by atoms with van der Waals surface area (Å²) < 4.78 is 13.0. The van der Waals surface area contributed by atoms with Gasteiger partial charge in [0.2, 0.25) is 0 Å². The highest BCUT2D eigenvalue weighted by atomic mass is 32.1. The third-order valence-electron chi connectivity index (χ3n) is 5.18. The van der Waals surface area contributed by atoms with Gasteiger partial charge in [-0.3, -0.25) is 30.1 Å². The van der Waals surface area contributed by atoms with Crippen LogP contribution >= 0.6 is 12.2 Å². The minimum atomic E-state index is -0.449. The van der Waals surface area contributed by atoms with Crippen LogP contribution in [0.4, 0.5) is 0 Å². The number of nitrogens with zero attached hydrogens (tertiary/aromatic N) is 2. The van der Waals surface area contributed by atoms with E-state index in [-0.39, 0.29) is 6.54 Å². The van der Waals surface area contributed by atoms with Crippen molar-refractivity contribution in [1.82, 2.24) is 25.6 Å². The molecule has 2 amide bonds. The molecule has 1 heterocycles. The van der Waals surface area contributed by atoms with Crippen molar-refractivity contribution in [2.24, 2.45) is 0 Å². The quantitative estimate of drug-likeness (QED) is 0.194. The molecule has 0 aliphatic carbocycles. The van der Waals surface area contributed by atoms with E-state index in [2.05, 4.69) is 28.0 Å². The molecule has 0 radical (unpaired) electrons. The first kappa shape index (κ1) is 26.0. The summed E-state index contributed by atoms with van der Waals surface area (Å²) in [6, 6.07) is 14.1. The number of carbonyl (C=O) groups excluding carboxylic acids is 2. The summed E-state index contributed by atoms with van der Waals surface area (Å²) in [4.78, 5) is 24.9. The number of rotatable bonds is 12. The van der Waals surface area contributed by atoms with Gasteiger partial charge in [0.25, 0.3) is 11.8 Å². The minimum absolute atomic E-state index is 0.122. The molecule has 9 nitrogen and oxygen atoms in total. The Morgan fingerprint density at radius 3 is 2.31 bits per heavy atom. The van der Waals surface area contributed by atoms with Gasteiger partial charge in [0.1, 0.15) is 18.0 Å². The summed E-state index contributed by atoms with van der Waals surface area (Å²) >= 11 is 5.28. The molecule has 35 heavy (non-hydrogen) atoms. The molecule has 0 bridgehead atoms. The van der Waals surface area contributed by atoms with E-state index in [4.69, 9.17) is 21.7 Å². The van der Waals surface area contributed by atoms with E-state index >= 15 is 0 Å². The first-order chi connectivity index (χ1) is 17.0. The van der Waals surface area contributed by atoms with Crippen LogP contribution in [0, 0.1) is 4.77 Å². The van der Waals surface area contributed by atoms with Gasteiger partial charge in [-0.05, 0) is 74.1 Å². The zero-order chi connectivity index (χ0) is 25.0. The van der Waals surface area contributed by atoms with Gasteiger partial charge in [0.15, 0.2) is 10.6 Å². The molecule has 0 saturated carbocycles. The Balaban J connectivity index is 1.52. The number of aromatic nitrogens is 3. The van der Waals surface area contributed by atoms with E-state index < -0.39 is 11.8 Å². The van der Waals surface area contributed by atoms with Crippen molar-refractivity contribution in [3.8, 4) is 22.9 Å². The second kappa shape index (κ2) is 13.3. The molecular weight excluding hydrogens is 466 g/mol. The fourth-order valence-electron chi connectivity index (χ4n) is 3.35. The molecule has 0 aliphatic heterocycles. The molecule has 186 valence electrons. The van der Waals surface area contributed by atoms with Crippen molar-refractivity contribution in [3.63, 3.8) is 0 Å². The highest BCUT2D eigenvalue weighted by Gasteiger charge is 2.14. The van der Waals surface area contributed by atoms with Crippen molar-refractivity contribution in [2.45, 2.75) is 46.1 Å². The Labute approximate surface area is 209 Å². The maximum atomic E-state index is 12.5. The molecule has 2 aromatic carbocycles. The number of ether oxygens (including phenoxy) is 2. The van der Waals surface area contributed by atoms with Crippen molar-refractivity contribution in [2.75, 3.05) is 13.2 Å². The minimum Gasteiger partial charge on any atom is -0.494 e. The highest BCUT2D eigenvalue weighted by molar-refractivity contribution is 7.71. The van der Waals surface area contributed by atoms with Gasteiger partial charge < -0.3 is 9.47 Å². The maximum Gasteiger partial charge on any atom is 0.269 e. The van der Waals surface area contributed by atoms with Crippen LogP contribution in [0.15, 0.2) is 48.5 Å². The number of aromatic amines is 1. The molecule has 3 N–H and O–H groups in total. The van der Waals surface area contributed by atoms with Crippen LogP contribution in [0.2, 0.25) is 0 Å². The van der Waals surface area contributed by atoms with Crippen molar-refractivity contribution >= 4 is 24.0 Å². The average Bonchev–Trinajstić information content (AvgIpc) is 3.23. The molecule has 10 heteroatoms. The third-order valence-corrected chi connectivity index (χ3v) is 5.49. The zero-order valence-electron chi connectivity index (χ0n) is 20.0. The number of benzene rings is 2. The molecule has 1 aromatic heterocycles. The summed E-state index contributed by atoms with van der Waals surface area (Å²) in [5.74, 6) is 1.07. The number of nitrogens with one attached hydrogen (secondary N) is 3. The molecule has 0 spiro atoms. The SMILES string of the molecule is CCCCCCOc1ccc(C(=O)NNC(=O)Cn2c(-c3ccc(OCC)cc3)n[nH]c2=S)cc1. The second-order valence-corrected chi connectivity index (χ2v) is 8.22. The predicted octanol–water partition coefficient (Wildman–Crippen LogP) is 4.43. The fourth-order valence-corrected chi connectivity index (χ4v) is 3.55. The first-order valence-electron chi connectivity index (χ1n) is 11.7. The molecule has 0 unspecified atom stereocenters. The van der Waals surface area contributed by atoms with Crippen molar-refractivity contribution < 1.29 is 19.1 Å². The van der Waals surface area contributed by atoms with Gasteiger partial charge in [-0.2, -0.15) is 5.10 Å². The summed E-state index contributed by atoms with van der Waals surface area (Å²) in [6.07, 6.45) is 4.52. The number of amides is 2. The van der Waals surface area contributed by atoms with E-state index in [1.807, 2.05) is 31.2 Å². The lowest BCUT2D eigenvalue weighted by Crippen LogP contribution is -2.43. The number of hydrazine groups is 1. The number of unbranched alkanes of at least 4 members (excludes halogenated alkanes) is 3. The van der Waals surface area contributed by atoms with E-state index in [0.717, 1.165) is 24.2 Å². The molecule has 0 atom stereocenters. The third kappa shape index (κ3) is 7.68. The maximum absolute atomic E-state index is 12.5. The van der Waals surface area contributed by atoms with Gasteiger partial charge in [0, 0.05) is 11.1 Å². The van der Waals surface area contributed by atoms with Gasteiger partial charge >= 0.3 is 0 Å². The van der Waals surface area contributed by atoms with Crippen molar-refractivity contribution in [3.05, 3.63) is 58.9 Å². The van der Waals surface area contributed by atoms with Crippen LogP contribution in [0.1, 0.15) is 49.9 Å². The fraction of sp³-hybridized carbons (Fsp3) is 0.360. The van der Waals surface area contributed by atoms with E-state index in [1.54, 1.807) is 28.8 Å². The molecule has 0 saturated heterocycles. The lowest BCUT2D eigenvalue weighted by molar-refractivity contribution is -0.122. The van der Waals surface area contributed by atoms with Crippen LogP contribution in [0.25, 0.3) is 11.4 Å². The average molecular weight is 498 g/mol. The van der Waals surface area contributed by atoms with E-state index in [9.17, 15) is 9.59 Å². The van der Waals surface area contributed by atoms with Gasteiger partial charge in [-0.25, -0.2) is 0 Å². The Morgan fingerprint density at radius 2 is 1.63 bits per heavy atom. The Morgan fingerprint density at radius 1 is 0.943 bits per heavy atom. The predicted molar refractivity (Wildman–Crippen MR) is 136 cm³/mol. The van der Waals surface area contributed by atoms with Crippen LogP contribution in [0.5, 0.6) is 11.5 Å². The topological polar surface area (TPSA) is 110 Å². The Hall–Kier alpha value is -3.66. The van der Waals surface area contributed by atoms with E-state index in [1.165, 1.54) is 12.8 Å². The van der Waals surface area contributed by atoms with Crippen LogP contribution in [-0.4, -0.2) is 39.8 Å². The molecular formula is C25H31N5O4S. The van der Waals surface area contributed by atoms with E-state index in [0.29, 0.717) is 35.1 Å². The molecule has 3 rings (SSSR count). The van der Waals surface area contributed by atoms with Crippen LogP contribution < -0.4 is 20.3 Å². The Kier molecular flexibility index (Phi) is 9.85. The summed E-state index contributed by atoms with van der Waals surface area (Å²) in [5.41, 5.74) is 6.01. The smallest absolute Gasteiger partial charge is 0.269 e. The zero-order valence-corrected chi connectivity index (χ0v) is 20.8. The van der Waals surface area contributed by atoms with Crippen molar-refractivity contribution in [1.29, 1.82) is 0 Å². The van der Waals surface area contributed by atoms with Gasteiger partial charge in [0.05, 0.1) is 13.2 Å². The number of hydrogen-bond donors (Lipinski definition) is 3. The normalized spacial score (nSPS) is 10.6. The molecule has 0 fully saturated rings. The summed E-state index contributed by atoms with van der Waals surface area (Å²) in [5, 5.41) is 6.93. The first-order valence-corrected chi connectivity index (χ1v) is 12.1. The monoisotopic (exact) mass is 497 g/mol. The standard InChI is InChI=1S/C25H31N5O4S/c1-3-5-6-7-16-34-21-14-10-19(11-15-21)24(32)28-26-22(31)17-30-23(27-29-25(30)35)18-8-12-20(13-9-18)33-4-2/h8-15H,3-7,16-17H2,1-2H3,(H,26,31)(H,28,32)(H,29,35). The molecule has 3 aromatic rings. The second-order valence-electron chi connectivity index (χ2n) is 7.83. The van der Waals surface area contributed by atoms with Crippen LogP contribution in [-0.2, 0) is 11.3 Å². The number of carbonyl (C=O) groups is 2. The van der Waals surface area contributed by atoms with Gasteiger partial charge in [-0.15, -0.1) is 0 Å². The summed E-state index contributed by atoms with van der Waals surface area (Å²) in [7, 11) is 0. The lowest BCUT2D eigenvalue weighted by Gasteiger charge is -2.10. The lowest BCUT2D eigenvalue weighted by atomic mass is 10.2. The number of hydrogen-bond acceptors (Lipinski definition) is 6. The number of H-pyrrole nitrogens is 1. The largest absolute Gasteiger partial charge is 0.494 e. The van der Waals surface area contributed by atoms with Gasteiger partial charge in [-0.1, -0.05) is 26.2 Å². The molecule has 0 aliphatic rings. The highest BCUT2D eigenvalue weighted by Crippen LogP contribution is 2.21. The van der Waals surface area contributed by atoms with Crippen LogP contribution in [0.3, 0.4) is 0 Å². The Bertz CT molecular complexity index is 1160. The summed E-state index contributed by atoms with van der Waals surface area (Å²) in [6.45, 7) is 5.18.